The second-order valence-corrected chi connectivity index (χ2v) is 6.25. The molecule has 1 fully saturated rings. The van der Waals surface area contributed by atoms with E-state index in [-0.39, 0.29) is 23.8 Å². The second-order valence-electron chi connectivity index (χ2n) is 6.25. The third-order valence-electron chi connectivity index (χ3n) is 4.42. The lowest BCUT2D eigenvalue weighted by Crippen LogP contribution is -2.56. The summed E-state index contributed by atoms with van der Waals surface area (Å²) >= 11 is 0. The zero-order chi connectivity index (χ0) is 19.5. The Labute approximate surface area is 160 Å². The first-order chi connectivity index (χ1) is 13.7. The first kappa shape index (κ1) is 17.7. The largest absolute Gasteiger partial charge is 0.497 e. The second kappa shape index (κ2) is 7.51. The van der Waals surface area contributed by atoms with Crippen molar-refractivity contribution >= 4 is 12.2 Å². The highest BCUT2D eigenvalue weighted by molar-refractivity contribution is 5.90. The Morgan fingerprint density at radius 1 is 1.14 bits per heavy atom. The highest BCUT2D eigenvalue weighted by Gasteiger charge is 2.35. The van der Waals surface area contributed by atoms with Crippen molar-refractivity contribution < 1.29 is 23.5 Å². The quantitative estimate of drug-likeness (QED) is 0.607. The van der Waals surface area contributed by atoms with Gasteiger partial charge in [-0.2, -0.15) is 0 Å². The number of benzene rings is 2. The molecule has 142 valence electrons. The minimum atomic E-state index is -0.351. The number of hydrogen-bond donors (Lipinski definition) is 0. The topological polar surface area (TPSA) is 94.8 Å². The van der Waals surface area contributed by atoms with E-state index in [4.69, 9.17) is 13.9 Å². The van der Waals surface area contributed by atoms with Crippen molar-refractivity contribution in [2.24, 2.45) is 0 Å². The number of methoxy groups -OCH3 is 1. The van der Waals surface area contributed by atoms with E-state index in [1.54, 1.807) is 60.5 Å². The van der Waals surface area contributed by atoms with E-state index in [1.165, 1.54) is 0 Å². The number of rotatable bonds is 6. The zero-order valence-electron chi connectivity index (χ0n) is 15.1. The van der Waals surface area contributed by atoms with Crippen LogP contribution in [0.25, 0.3) is 11.5 Å². The lowest BCUT2D eigenvalue weighted by molar-refractivity contribution is 0.0147. The van der Waals surface area contributed by atoms with Gasteiger partial charge < -0.3 is 18.8 Å². The van der Waals surface area contributed by atoms with Crippen LogP contribution in [0.4, 0.5) is 0 Å². The molecule has 0 saturated carbocycles. The Balaban J connectivity index is 1.37. The van der Waals surface area contributed by atoms with Crippen LogP contribution in [0.1, 0.15) is 21.0 Å². The van der Waals surface area contributed by atoms with E-state index in [2.05, 4.69) is 10.2 Å². The normalized spacial score (nSPS) is 13.7. The molecule has 0 spiro atoms. The zero-order valence-corrected chi connectivity index (χ0v) is 15.1. The highest BCUT2D eigenvalue weighted by Crippen LogP contribution is 2.24. The fourth-order valence-corrected chi connectivity index (χ4v) is 2.84. The molecule has 0 N–H and O–H groups in total. The van der Waals surface area contributed by atoms with Crippen molar-refractivity contribution in [2.75, 3.05) is 20.2 Å². The van der Waals surface area contributed by atoms with Crippen LogP contribution >= 0.6 is 0 Å². The van der Waals surface area contributed by atoms with Gasteiger partial charge in [0.05, 0.1) is 25.8 Å². The first-order valence-corrected chi connectivity index (χ1v) is 8.66. The summed E-state index contributed by atoms with van der Waals surface area (Å²) in [6.07, 6.45) is 0.560. The van der Waals surface area contributed by atoms with E-state index >= 15 is 0 Å². The number of para-hydroxylation sites is 1. The SMILES string of the molecule is COc1ccc(-c2nnc(C(=O)N3CC(Oc4ccccc4C=O)C3)o2)cc1. The minimum absolute atomic E-state index is 0.0717. The van der Waals surface area contributed by atoms with Crippen LogP contribution < -0.4 is 9.47 Å². The number of amides is 1. The molecule has 28 heavy (non-hydrogen) atoms. The summed E-state index contributed by atoms with van der Waals surface area (Å²) in [4.78, 5) is 25.1. The minimum Gasteiger partial charge on any atom is -0.497 e. The maximum Gasteiger partial charge on any atom is 0.311 e. The predicted molar refractivity (Wildman–Crippen MR) is 98.4 cm³/mol. The summed E-state index contributed by atoms with van der Waals surface area (Å²) < 4.78 is 16.4. The van der Waals surface area contributed by atoms with Crippen molar-refractivity contribution in [3.05, 3.63) is 60.0 Å². The average Bonchev–Trinajstić information content (AvgIpc) is 3.20. The molecule has 2 heterocycles. The number of aromatic nitrogens is 2. The van der Waals surface area contributed by atoms with Crippen molar-refractivity contribution in [1.82, 2.24) is 15.1 Å². The fourth-order valence-electron chi connectivity index (χ4n) is 2.84. The van der Waals surface area contributed by atoms with Gasteiger partial charge in [0, 0.05) is 5.56 Å². The average molecular weight is 379 g/mol. The monoisotopic (exact) mass is 379 g/mol. The molecule has 8 heteroatoms. The molecular weight excluding hydrogens is 362 g/mol. The molecule has 0 atom stereocenters. The maximum atomic E-state index is 12.5. The lowest BCUT2D eigenvalue weighted by Gasteiger charge is -2.38. The van der Waals surface area contributed by atoms with Crippen LogP contribution in [-0.4, -0.2) is 53.6 Å². The summed E-state index contributed by atoms with van der Waals surface area (Å²) in [5.74, 6) is 1.06. The van der Waals surface area contributed by atoms with Crippen molar-refractivity contribution in [3.8, 4) is 23.0 Å². The Hall–Kier alpha value is -3.68. The smallest absolute Gasteiger partial charge is 0.311 e. The summed E-state index contributed by atoms with van der Waals surface area (Å²) in [6, 6.07) is 14.1. The first-order valence-electron chi connectivity index (χ1n) is 8.66. The molecule has 1 amide bonds. The lowest BCUT2D eigenvalue weighted by atomic mass is 10.1. The van der Waals surface area contributed by atoms with Gasteiger partial charge in [0.15, 0.2) is 6.29 Å². The van der Waals surface area contributed by atoms with Crippen LogP contribution in [0.5, 0.6) is 11.5 Å². The molecule has 0 bridgehead atoms. The van der Waals surface area contributed by atoms with Gasteiger partial charge in [-0.25, -0.2) is 0 Å². The van der Waals surface area contributed by atoms with Crippen LogP contribution in [0.3, 0.4) is 0 Å². The Morgan fingerprint density at radius 2 is 1.89 bits per heavy atom. The molecule has 4 rings (SSSR count). The van der Waals surface area contributed by atoms with E-state index in [9.17, 15) is 9.59 Å². The van der Waals surface area contributed by atoms with Gasteiger partial charge in [-0.15, -0.1) is 10.2 Å². The van der Waals surface area contributed by atoms with Gasteiger partial charge in [0.2, 0.25) is 5.89 Å². The van der Waals surface area contributed by atoms with E-state index in [0.29, 0.717) is 35.7 Å². The van der Waals surface area contributed by atoms with Crippen molar-refractivity contribution in [3.63, 3.8) is 0 Å². The number of carbonyl (C=O) groups is 2. The molecule has 1 aromatic heterocycles. The van der Waals surface area contributed by atoms with E-state index in [0.717, 1.165) is 6.29 Å². The van der Waals surface area contributed by atoms with Gasteiger partial charge in [0.1, 0.15) is 17.6 Å². The third kappa shape index (κ3) is 3.44. The number of nitrogens with zero attached hydrogens (tertiary/aromatic N) is 3. The number of ether oxygens (including phenoxy) is 2. The molecule has 2 aromatic carbocycles. The Morgan fingerprint density at radius 3 is 2.61 bits per heavy atom. The molecule has 0 aliphatic carbocycles. The van der Waals surface area contributed by atoms with Crippen LogP contribution in [-0.2, 0) is 0 Å². The van der Waals surface area contributed by atoms with E-state index < -0.39 is 0 Å². The standard InChI is InChI=1S/C20H17N3O5/c1-26-15-8-6-13(7-9-15)18-21-22-19(28-18)20(25)23-10-16(11-23)27-17-5-3-2-4-14(17)12-24/h2-9,12,16H,10-11H2,1H3. The van der Waals surface area contributed by atoms with Crippen LogP contribution in [0.2, 0.25) is 0 Å². The summed E-state index contributed by atoms with van der Waals surface area (Å²) in [6.45, 7) is 0.762. The summed E-state index contributed by atoms with van der Waals surface area (Å²) in [7, 11) is 1.58. The number of likely N-dealkylation sites (tertiary alicyclic amines) is 1. The molecule has 1 aliphatic heterocycles. The predicted octanol–water partition coefficient (Wildman–Crippen LogP) is 2.46. The third-order valence-corrected chi connectivity index (χ3v) is 4.42. The molecule has 1 aliphatic rings. The van der Waals surface area contributed by atoms with Crippen LogP contribution in [0, 0.1) is 0 Å². The van der Waals surface area contributed by atoms with Gasteiger partial charge in [0.25, 0.3) is 0 Å². The maximum absolute atomic E-state index is 12.5. The highest BCUT2D eigenvalue weighted by atomic mass is 16.5. The Kier molecular flexibility index (Phi) is 4.76. The van der Waals surface area contributed by atoms with Crippen molar-refractivity contribution in [1.29, 1.82) is 0 Å². The van der Waals surface area contributed by atoms with E-state index in [1.807, 2.05) is 0 Å². The number of hydrogen-bond acceptors (Lipinski definition) is 7. The number of aldehydes is 1. The van der Waals surface area contributed by atoms with Gasteiger partial charge in [-0.1, -0.05) is 12.1 Å². The van der Waals surface area contributed by atoms with Gasteiger partial charge >= 0.3 is 11.8 Å². The molecule has 8 nitrogen and oxygen atoms in total. The molecule has 3 aromatic rings. The summed E-state index contributed by atoms with van der Waals surface area (Å²) in [5, 5.41) is 7.79. The number of carbonyl (C=O) groups excluding carboxylic acids is 2. The molecule has 0 radical (unpaired) electrons. The van der Waals surface area contributed by atoms with Crippen LogP contribution in [0.15, 0.2) is 52.9 Å². The Bertz CT molecular complexity index is 993. The van der Waals surface area contributed by atoms with Crippen molar-refractivity contribution in [2.45, 2.75) is 6.10 Å². The summed E-state index contributed by atoms with van der Waals surface area (Å²) in [5.41, 5.74) is 1.18. The molecule has 0 unspecified atom stereocenters. The van der Waals surface area contributed by atoms with Gasteiger partial charge in [-0.05, 0) is 36.4 Å². The van der Waals surface area contributed by atoms with Gasteiger partial charge in [-0.3, -0.25) is 9.59 Å². The molecular formula is C20H17N3O5. The molecule has 1 saturated heterocycles. The fraction of sp³-hybridized carbons (Fsp3) is 0.200.